The second-order valence-corrected chi connectivity index (χ2v) is 6.87. The Balaban J connectivity index is 1.55. The normalized spacial score (nSPS) is 12.6. The van der Waals surface area contributed by atoms with E-state index >= 15 is 0 Å². The maximum atomic E-state index is 13.5. The summed E-state index contributed by atoms with van der Waals surface area (Å²) in [5.74, 6) is 1.36. The molecule has 138 valence electrons. The average Bonchev–Trinajstić information content (AvgIpc) is 3.38. The summed E-state index contributed by atoms with van der Waals surface area (Å²) in [6, 6.07) is 25.3. The highest BCUT2D eigenvalue weighted by Gasteiger charge is 2.26. The van der Waals surface area contributed by atoms with Crippen molar-refractivity contribution in [3.05, 3.63) is 95.7 Å². The first-order chi connectivity index (χ1) is 13.8. The number of nitrogens with zero attached hydrogens (tertiary/aromatic N) is 1. The quantitative estimate of drug-likeness (QED) is 0.496. The Morgan fingerprint density at radius 3 is 2.61 bits per heavy atom. The van der Waals surface area contributed by atoms with Crippen LogP contribution in [-0.2, 0) is 13.0 Å². The lowest BCUT2D eigenvalue weighted by atomic mass is 10.1. The molecule has 0 saturated heterocycles. The summed E-state index contributed by atoms with van der Waals surface area (Å²) in [5.41, 5.74) is 3.32. The van der Waals surface area contributed by atoms with Crippen molar-refractivity contribution < 1.29 is 13.9 Å². The van der Waals surface area contributed by atoms with E-state index in [0.717, 1.165) is 34.4 Å². The molecule has 0 saturated carbocycles. The van der Waals surface area contributed by atoms with Gasteiger partial charge in [0.15, 0.2) is 0 Å². The Morgan fingerprint density at radius 2 is 1.75 bits per heavy atom. The van der Waals surface area contributed by atoms with Crippen molar-refractivity contribution in [2.75, 3.05) is 11.5 Å². The molecule has 1 aliphatic heterocycles. The molecule has 0 spiro atoms. The van der Waals surface area contributed by atoms with Crippen LogP contribution in [0, 0.1) is 0 Å². The van der Waals surface area contributed by atoms with Crippen molar-refractivity contribution in [2.24, 2.45) is 0 Å². The van der Waals surface area contributed by atoms with Crippen LogP contribution in [0.3, 0.4) is 0 Å². The van der Waals surface area contributed by atoms with Crippen molar-refractivity contribution in [3.8, 4) is 5.75 Å². The van der Waals surface area contributed by atoms with E-state index in [-0.39, 0.29) is 5.91 Å². The molecular formula is C24H19NO3. The third-order valence-electron chi connectivity index (χ3n) is 5.05. The molecule has 3 aromatic carbocycles. The van der Waals surface area contributed by atoms with E-state index in [1.54, 1.807) is 4.90 Å². The van der Waals surface area contributed by atoms with Gasteiger partial charge in [-0.2, -0.15) is 0 Å². The Labute approximate surface area is 163 Å². The van der Waals surface area contributed by atoms with Gasteiger partial charge in [0.2, 0.25) is 0 Å². The van der Waals surface area contributed by atoms with Gasteiger partial charge >= 0.3 is 0 Å². The van der Waals surface area contributed by atoms with E-state index in [0.29, 0.717) is 24.5 Å². The Hall–Kier alpha value is -3.53. The van der Waals surface area contributed by atoms with Gasteiger partial charge in [-0.1, -0.05) is 48.5 Å². The second-order valence-electron chi connectivity index (χ2n) is 6.87. The minimum atomic E-state index is -0.0922. The summed E-state index contributed by atoms with van der Waals surface area (Å²) in [7, 11) is 0. The number of anilines is 1. The van der Waals surface area contributed by atoms with Gasteiger partial charge in [0.1, 0.15) is 17.1 Å². The number of carbonyl (C=O) groups is 1. The predicted octanol–water partition coefficient (Wildman–Crippen LogP) is 5.21. The number of rotatable bonds is 4. The minimum Gasteiger partial charge on any atom is -0.492 e. The van der Waals surface area contributed by atoms with E-state index in [4.69, 9.17) is 9.15 Å². The lowest BCUT2D eigenvalue weighted by Gasteiger charge is -2.23. The third kappa shape index (κ3) is 2.93. The lowest BCUT2D eigenvalue weighted by Crippen LogP contribution is -2.30. The van der Waals surface area contributed by atoms with Crippen LogP contribution in [0.1, 0.15) is 21.7 Å². The molecule has 1 aromatic heterocycles. The van der Waals surface area contributed by atoms with Crippen LogP contribution in [0.5, 0.6) is 5.75 Å². The molecule has 0 bridgehead atoms. The minimum absolute atomic E-state index is 0.0922. The Kier molecular flexibility index (Phi) is 4.09. The molecule has 0 N–H and O–H groups in total. The molecular weight excluding hydrogens is 350 g/mol. The summed E-state index contributed by atoms with van der Waals surface area (Å²) < 4.78 is 11.7. The molecule has 1 aliphatic rings. The number of para-hydroxylation sites is 3. The summed E-state index contributed by atoms with van der Waals surface area (Å²) in [4.78, 5) is 15.3. The van der Waals surface area contributed by atoms with E-state index in [2.05, 4.69) is 0 Å². The van der Waals surface area contributed by atoms with E-state index in [1.807, 2.05) is 78.9 Å². The fourth-order valence-electron chi connectivity index (χ4n) is 3.69. The zero-order chi connectivity index (χ0) is 18.9. The van der Waals surface area contributed by atoms with Gasteiger partial charge in [0.05, 0.1) is 18.7 Å². The summed E-state index contributed by atoms with van der Waals surface area (Å²) >= 11 is 0. The smallest absolute Gasteiger partial charge is 0.262 e. The van der Waals surface area contributed by atoms with Crippen LogP contribution in [0.15, 0.2) is 83.3 Å². The SMILES string of the molecule is O=C(c1cccc2c1OCC2)N(Cc1cc2ccccc2o1)c1ccccc1. The summed E-state index contributed by atoms with van der Waals surface area (Å²) in [6.07, 6.45) is 0.839. The first kappa shape index (κ1) is 16.6. The monoisotopic (exact) mass is 369 g/mol. The number of hydrogen-bond acceptors (Lipinski definition) is 3. The predicted molar refractivity (Wildman–Crippen MR) is 109 cm³/mol. The van der Waals surface area contributed by atoms with Gasteiger partial charge in [-0.05, 0) is 35.9 Å². The maximum Gasteiger partial charge on any atom is 0.262 e. The fraction of sp³-hybridized carbons (Fsp3) is 0.125. The van der Waals surface area contributed by atoms with Crippen molar-refractivity contribution >= 4 is 22.6 Å². The lowest BCUT2D eigenvalue weighted by molar-refractivity contribution is 0.0980. The molecule has 0 radical (unpaired) electrons. The van der Waals surface area contributed by atoms with Gasteiger partial charge in [0, 0.05) is 17.5 Å². The molecule has 4 aromatic rings. The van der Waals surface area contributed by atoms with Crippen molar-refractivity contribution in [3.63, 3.8) is 0 Å². The van der Waals surface area contributed by atoms with Gasteiger partial charge in [-0.25, -0.2) is 0 Å². The van der Waals surface area contributed by atoms with Gasteiger partial charge in [0.25, 0.3) is 5.91 Å². The molecule has 0 fully saturated rings. The Bertz CT molecular complexity index is 1110. The number of benzene rings is 3. The maximum absolute atomic E-state index is 13.5. The van der Waals surface area contributed by atoms with Gasteiger partial charge < -0.3 is 14.1 Å². The first-order valence-corrected chi connectivity index (χ1v) is 9.39. The summed E-state index contributed by atoms with van der Waals surface area (Å²) in [5, 5.41) is 1.03. The van der Waals surface area contributed by atoms with Crippen LogP contribution in [0.4, 0.5) is 5.69 Å². The highest BCUT2D eigenvalue weighted by molar-refractivity contribution is 6.08. The topological polar surface area (TPSA) is 42.7 Å². The molecule has 0 unspecified atom stereocenters. The van der Waals surface area contributed by atoms with E-state index < -0.39 is 0 Å². The number of amides is 1. The molecule has 5 rings (SSSR count). The molecule has 0 atom stereocenters. The second kappa shape index (κ2) is 6.89. The van der Waals surface area contributed by atoms with Crippen molar-refractivity contribution in [1.82, 2.24) is 0 Å². The van der Waals surface area contributed by atoms with Crippen LogP contribution < -0.4 is 9.64 Å². The Morgan fingerprint density at radius 1 is 0.929 bits per heavy atom. The van der Waals surface area contributed by atoms with Crippen molar-refractivity contribution in [2.45, 2.75) is 13.0 Å². The van der Waals surface area contributed by atoms with E-state index in [9.17, 15) is 4.79 Å². The number of fused-ring (bicyclic) bond motifs is 2. The number of ether oxygens (including phenoxy) is 1. The molecule has 1 amide bonds. The molecule has 28 heavy (non-hydrogen) atoms. The van der Waals surface area contributed by atoms with Crippen molar-refractivity contribution in [1.29, 1.82) is 0 Å². The fourth-order valence-corrected chi connectivity index (χ4v) is 3.69. The number of carbonyl (C=O) groups excluding carboxylic acids is 1. The molecule has 2 heterocycles. The zero-order valence-corrected chi connectivity index (χ0v) is 15.3. The average molecular weight is 369 g/mol. The highest BCUT2D eigenvalue weighted by Crippen LogP contribution is 2.32. The third-order valence-corrected chi connectivity index (χ3v) is 5.05. The van der Waals surface area contributed by atoms with Gasteiger partial charge in [-0.3, -0.25) is 4.79 Å². The van der Waals surface area contributed by atoms with Gasteiger partial charge in [-0.15, -0.1) is 0 Å². The number of hydrogen-bond donors (Lipinski definition) is 0. The van der Waals surface area contributed by atoms with Crippen LogP contribution in [-0.4, -0.2) is 12.5 Å². The standard InChI is InChI=1S/C24H19NO3/c26-24(21-11-6-8-17-13-14-27-23(17)21)25(19-9-2-1-3-10-19)16-20-15-18-7-4-5-12-22(18)28-20/h1-12,15H,13-14,16H2. The highest BCUT2D eigenvalue weighted by atomic mass is 16.5. The van der Waals surface area contributed by atoms with Crippen LogP contribution in [0.25, 0.3) is 11.0 Å². The largest absolute Gasteiger partial charge is 0.492 e. The molecule has 4 heteroatoms. The zero-order valence-electron chi connectivity index (χ0n) is 15.3. The molecule has 4 nitrogen and oxygen atoms in total. The number of furan rings is 1. The van der Waals surface area contributed by atoms with E-state index in [1.165, 1.54) is 0 Å². The first-order valence-electron chi connectivity index (χ1n) is 9.39. The summed E-state index contributed by atoms with van der Waals surface area (Å²) in [6.45, 7) is 0.968. The van der Waals surface area contributed by atoms with Crippen LogP contribution in [0.2, 0.25) is 0 Å². The van der Waals surface area contributed by atoms with Crippen LogP contribution >= 0.6 is 0 Å². The molecule has 0 aliphatic carbocycles.